The summed E-state index contributed by atoms with van der Waals surface area (Å²) in [6, 6.07) is 12.5. The summed E-state index contributed by atoms with van der Waals surface area (Å²) < 4.78 is 25.5. The fraction of sp³-hybridized carbons (Fsp3) is 0.125. The van der Waals surface area contributed by atoms with E-state index in [9.17, 15) is 0 Å². The Morgan fingerprint density at radius 2 is 1.96 bits per heavy atom. The number of aromatic nitrogens is 6. The molecule has 2 aromatic heterocycles. The van der Waals surface area contributed by atoms with Gasteiger partial charge in [0, 0.05) is 16.1 Å². The zero-order chi connectivity index (χ0) is 18.3. The number of hydrogen-bond acceptors (Lipinski definition) is 4. The van der Waals surface area contributed by atoms with Gasteiger partial charge in [0.2, 0.25) is 0 Å². The molecule has 0 saturated carbocycles. The molecule has 2 aromatic carbocycles. The van der Waals surface area contributed by atoms with Gasteiger partial charge in [-0.25, -0.2) is 14.3 Å². The number of fused-ring (bicyclic) bond motifs is 1. The molecule has 23 heavy (non-hydrogen) atoms. The second-order valence-corrected chi connectivity index (χ2v) is 5.52. The van der Waals surface area contributed by atoms with Gasteiger partial charge in [-0.2, -0.15) is 5.10 Å². The van der Waals surface area contributed by atoms with Crippen LogP contribution in [0, 0.1) is 0 Å². The normalized spacial score (nSPS) is 15.1. The van der Waals surface area contributed by atoms with E-state index >= 15 is 0 Å². The van der Waals surface area contributed by atoms with Crippen LogP contribution < -0.4 is 0 Å². The summed E-state index contributed by atoms with van der Waals surface area (Å²) in [5.41, 5.74) is 2.71. The highest BCUT2D eigenvalue weighted by Crippen LogP contribution is 2.28. The first kappa shape index (κ1) is 10.9. The summed E-state index contributed by atoms with van der Waals surface area (Å²) in [6.45, 7) is -2.41. The molecule has 114 valence electrons. The van der Waals surface area contributed by atoms with E-state index in [0.29, 0.717) is 16.1 Å². The monoisotopic (exact) mass is 330 g/mol. The Labute approximate surface area is 141 Å². The van der Waals surface area contributed by atoms with Crippen molar-refractivity contribution in [3.8, 4) is 0 Å². The van der Waals surface area contributed by atoms with Crippen molar-refractivity contribution in [2.45, 2.75) is 6.04 Å². The van der Waals surface area contributed by atoms with Crippen LogP contribution in [0.1, 0.15) is 21.3 Å². The second-order valence-electron chi connectivity index (χ2n) is 5.08. The molecule has 4 rings (SSSR count). The lowest BCUT2D eigenvalue weighted by Crippen LogP contribution is -2.13. The quantitative estimate of drug-likeness (QED) is 0.579. The summed E-state index contributed by atoms with van der Waals surface area (Å²) in [6.07, 6.45) is 3.07. The minimum Gasteiger partial charge on any atom is -0.248 e. The topological polar surface area (TPSA) is 61.4 Å². The summed E-state index contributed by atoms with van der Waals surface area (Å²) >= 11 is 6.00. The predicted octanol–water partition coefficient (Wildman–Crippen LogP) is 2.85. The van der Waals surface area contributed by atoms with E-state index in [1.165, 1.54) is 6.33 Å². The van der Waals surface area contributed by atoms with Crippen LogP contribution in [0.15, 0.2) is 55.1 Å². The Kier molecular flexibility index (Phi) is 2.60. The zero-order valence-electron chi connectivity index (χ0n) is 14.8. The molecule has 0 aliphatic rings. The van der Waals surface area contributed by atoms with Crippen molar-refractivity contribution >= 4 is 22.6 Å². The Morgan fingerprint density at radius 1 is 1.13 bits per heavy atom. The van der Waals surface area contributed by atoms with Crippen LogP contribution in [0.4, 0.5) is 0 Å². The van der Waals surface area contributed by atoms with E-state index in [0.717, 1.165) is 15.8 Å². The first-order chi connectivity index (χ1) is 12.4. The van der Waals surface area contributed by atoms with Gasteiger partial charge >= 0.3 is 0 Å². The van der Waals surface area contributed by atoms with Gasteiger partial charge in [0.25, 0.3) is 0 Å². The maximum absolute atomic E-state index is 7.63. The molecule has 1 atom stereocenters. The highest BCUT2D eigenvalue weighted by molar-refractivity contribution is 6.30. The minimum atomic E-state index is -2.41. The van der Waals surface area contributed by atoms with Crippen molar-refractivity contribution in [1.29, 1.82) is 0 Å². The van der Waals surface area contributed by atoms with E-state index in [4.69, 9.17) is 15.7 Å². The molecule has 0 bridgehead atoms. The molecule has 0 amide bonds. The van der Waals surface area contributed by atoms with Gasteiger partial charge in [0.1, 0.15) is 24.2 Å². The summed E-state index contributed by atoms with van der Waals surface area (Å²) in [5.74, 6) is 0. The van der Waals surface area contributed by atoms with E-state index in [-0.39, 0.29) is 6.04 Å². The standard InChI is InChI=1S/C16H13ClN6/c1-22-15-8-12(4-7-14(15)20-21-22)16(23-10-18-9-19-23)11-2-5-13(17)6-3-11/h2-10,16H,1H3/i1T3. The molecule has 0 aliphatic carbocycles. The molecule has 0 spiro atoms. The Bertz CT molecular complexity index is 1040. The van der Waals surface area contributed by atoms with Gasteiger partial charge in [0.15, 0.2) is 0 Å². The van der Waals surface area contributed by atoms with Crippen LogP contribution >= 0.6 is 11.6 Å². The predicted molar refractivity (Wildman–Crippen MR) is 87.2 cm³/mol. The first-order valence-corrected chi connectivity index (χ1v) is 7.27. The fourth-order valence-corrected chi connectivity index (χ4v) is 2.73. The van der Waals surface area contributed by atoms with Gasteiger partial charge in [-0.05, 0) is 35.4 Å². The Balaban J connectivity index is 1.90. The molecule has 0 saturated heterocycles. The van der Waals surface area contributed by atoms with E-state index < -0.39 is 6.98 Å². The molecule has 2 heterocycles. The van der Waals surface area contributed by atoms with Crippen molar-refractivity contribution < 1.29 is 4.11 Å². The summed E-state index contributed by atoms with van der Waals surface area (Å²) in [7, 11) is 0. The number of rotatable bonds is 3. The second kappa shape index (κ2) is 5.48. The first-order valence-electron chi connectivity index (χ1n) is 8.39. The summed E-state index contributed by atoms with van der Waals surface area (Å²) in [4.78, 5) is 4.03. The third-order valence-electron chi connectivity index (χ3n) is 3.67. The van der Waals surface area contributed by atoms with E-state index in [1.54, 1.807) is 35.3 Å². The highest BCUT2D eigenvalue weighted by atomic mass is 35.5. The molecule has 0 N–H and O–H groups in total. The van der Waals surface area contributed by atoms with Crippen LogP contribution in [0.2, 0.25) is 5.02 Å². The number of benzene rings is 2. The van der Waals surface area contributed by atoms with Crippen LogP contribution in [-0.2, 0) is 6.98 Å². The molecule has 0 aliphatic heterocycles. The average molecular weight is 331 g/mol. The Morgan fingerprint density at radius 3 is 2.70 bits per heavy atom. The lowest BCUT2D eigenvalue weighted by atomic mass is 9.98. The summed E-state index contributed by atoms with van der Waals surface area (Å²) in [5, 5.41) is 12.6. The molecule has 4 aromatic rings. The highest BCUT2D eigenvalue weighted by Gasteiger charge is 2.18. The molecule has 1 unspecified atom stereocenters. The third-order valence-corrected chi connectivity index (χ3v) is 3.92. The SMILES string of the molecule is [3H]C([3H])([3H])n1nnc2ccc(C(c3ccc(Cl)cc3)n3cncn3)cc21. The lowest BCUT2D eigenvalue weighted by Gasteiger charge is -2.18. The van der Waals surface area contributed by atoms with Crippen LogP contribution in [0.3, 0.4) is 0 Å². The number of nitrogens with zero attached hydrogens (tertiary/aromatic N) is 6. The van der Waals surface area contributed by atoms with Crippen LogP contribution in [0.25, 0.3) is 11.0 Å². The van der Waals surface area contributed by atoms with Crippen LogP contribution in [-0.4, -0.2) is 29.8 Å². The van der Waals surface area contributed by atoms with Gasteiger partial charge in [-0.1, -0.05) is 35.0 Å². The van der Waals surface area contributed by atoms with Gasteiger partial charge in [-0.3, -0.25) is 0 Å². The van der Waals surface area contributed by atoms with Gasteiger partial charge < -0.3 is 0 Å². The lowest BCUT2D eigenvalue weighted by molar-refractivity contribution is 0.594. The average Bonchev–Trinajstić information content (AvgIpc) is 3.25. The minimum absolute atomic E-state index is 0.292. The van der Waals surface area contributed by atoms with Gasteiger partial charge in [0.05, 0.1) is 5.52 Å². The zero-order valence-corrected chi connectivity index (χ0v) is 12.6. The third kappa shape index (κ3) is 2.47. The van der Waals surface area contributed by atoms with Gasteiger partial charge in [-0.15, -0.1) is 5.10 Å². The molecular formula is C16H13ClN6. The smallest absolute Gasteiger partial charge is 0.137 e. The molecule has 0 fully saturated rings. The maximum atomic E-state index is 7.63. The number of hydrogen-bond donors (Lipinski definition) is 0. The number of halogens is 1. The fourth-order valence-electron chi connectivity index (χ4n) is 2.60. The number of aryl methyl sites for hydroxylation is 1. The molecular weight excluding hydrogens is 312 g/mol. The van der Waals surface area contributed by atoms with Crippen LogP contribution in [0.5, 0.6) is 0 Å². The van der Waals surface area contributed by atoms with Crippen molar-refractivity contribution in [2.75, 3.05) is 0 Å². The van der Waals surface area contributed by atoms with Crippen molar-refractivity contribution in [2.24, 2.45) is 6.98 Å². The molecule has 6 nitrogen and oxygen atoms in total. The van der Waals surface area contributed by atoms with E-state index in [1.807, 2.05) is 18.2 Å². The molecule has 0 radical (unpaired) electrons. The van der Waals surface area contributed by atoms with Crippen molar-refractivity contribution in [3.05, 3.63) is 71.3 Å². The Hall–Kier alpha value is -2.73. The van der Waals surface area contributed by atoms with Crippen molar-refractivity contribution in [1.82, 2.24) is 29.8 Å². The maximum Gasteiger partial charge on any atom is 0.137 e. The molecule has 7 heteroatoms. The largest absolute Gasteiger partial charge is 0.248 e. The van der Waals surface area contributed by atoms with Crippen molar-refractivity contribution in [3.63, 3.8) is 0 Å². The van der Waals surface area contributed by atoms with E-state index in [2.05, 4.69) is 20.4 Å².